The number of allylic oxidation sites excluding steroid dienone is 1. The Kier molecular flexibility index (Phi) is 20.1. The first kappa shape index (κ1) is 40.6. The fourth-order valence-corrected chi connectivity index (χ4v) is 3.79. The highest BCUT2D eigenvalue weighted by Gasteiger charge is 2.30. The van der Waals surface area contributed by atoms with Gasteiger partial charge in [0, 0.05) is 26.8 Å². The number of aromatic hydroxyl groups is 1. The number of methoxy groups -OCH3 is 1. The highest BCUT2D eigenvalue weighted by Crippen LogP contribution is 2.31. The van der Waals surface area contributed by atoms with Crippen LogP contribution in [0.25, 0.3) is 5.57 Å². The lowest BCUT2D eigenvalue weighted by atomic mass is 9.97. The van der Waals surface area contributed by atoms with Gasteiger partial charge in [0.2, 0.25) is 6.41 Å². The number of alkyl halides is 3. The second-order valence-electron chi connectivity index (χ2n) is 9.31. The molecule has 0 bridgehead atoms. The number of carboxylic acid groups (broad SMARTS) is 1. The molecule has 45 heavy (non-hydrogen) atoms. The molecule has 0 aliphatic heterocycles. The fourth-order valence-electron chi connectivity index (χ4n) is 3.79. The fraction of sp³-hybridized carbons (Fsp3) is 0.353. The van der Waals surface area contributed by atoms with Crippen molar-refractivity contribution in [3.05, 3.63) is 101 Å². The zero-order valence-corrected chi connectivity index (χ0v) is 26.9. The number of carbonyl (C=O) groups is 2. The van der Waals surface area contributed by atoms with Gasteiger partial charge in [-0.2, -0.15) is 13.2 Å². The lowest BCUT2D eigenvalue weighted by Gasteiger charge is -2.14. The van der Waals surface area contributed by atoms with Crippen LogP contribution in [0, 0.1) is 0 Å². The first-order valence-corrected chi connectivity index (χ1v) is 14.2. The molecule has 0 aliphatic carbocycles. The van der Waals surface area contributed by atoms with Crippen molar-refractivity contribution in [3.63, 3.8) is 0 Å². The summed E-state index contributed by atoms with van der Waals surface area (Å²) >= 11 is 0. The Morgan fingerprint density at radius 3 is 2.11 bits per heavy atom. The highest BCUT2D eigenvalue weighted by molar-refractivity contribution is 6.15. The number of carboxylic acids is 1. The van der Waals surface area contributed by atoms with Crippen LogP contribution in [0.3, 0.4) is 0 Å². The van der Waals surface area contributed by atoms with Gasteiger partial charge in [0.05, 0.1) is 11.1 Å². The summed E-state index contributed by atoms with van der Waals surface area (Å²) < 4.78 is 48.1. The van der Waals surface area contributed by atoms with E-state index in [1.54, 1.807) is 58.5 Å². The van der Waals surface area contributed by atoms with Gasteiger partial charge in [-0.3, -0.25) is 4.79 Å². The van der Waals surface area contributed by atoms with Crippen LogP contribution < -0.4 is 15.4 Å². The summed E-state index contributed by atoms with van der Waals surface area (Å²) in [6, 6.07) is 17.0. The van der Waals surface area contributed by atoms with E-state index in [0.717, 1.165) is 29.7 Å². The van der Waals surface area contributed by atoms with Gasteiger partial charge in [0.1, 0.15) is 18.1 Å². The molecule has 248 valence electrons. The summed E-state index contributed by atoms with van der Waals surface area (Å²) in [5.41, 5.74) is 2.47. The highest BCUT2D eigenvalue weighted by atomic mass is 19.4. The SMILES string of the molecule is C/C=C(/C(=O)O)c1cc(COc2cccc(C(F)(F)F)c2)ccc1CNC.CC.COC.C[C@H](Cc1ccc(O)cc1)NC=O. The molecule has 3 aromatic rings. The Balaban J connectivity index is 0.000000894. The minimum atomic E-state index is -4.44. The number of hydrogen-bond donors (Lipinski definition) is 4. The standard InChI is InChI=1S/C20H20F3NO3.C10H13NO2.C2H6O.C2H6/c1-3-17(19(25)26)18-9-13(7-8-14(18)11-24-2)12-27-16-6-4-5-15(10-16)20(21,22)23;1-8(11-7-12)6-9-2-4-10(13)5-3-9;1-3-2;1-2/h3-10,24H,11-12H2,1-2H3,(H,25,26);2-5,7-8,13H,6H2,1H3,(H,11,12);1-2H3;1-2H3/b17-3+;;;/t;8-;;/m.1../s1. The first-order valence-electron chi connectivity index (χ1n) is 14.2. The number of phenolic OH excluding ortho intramolecular Hbond substituents is 1. The van der Waals surface area contributed by atoms with E-state index in [2.05, 4.69) is 15.4 Å². The van der Waals surface area contributed by atoms with Gasteiger partial charge < -0.3 is 30.3 Å². The molecule has 11 heteroatoms. The molecule has 0 saturated heterocycles. The van der Waals surface area contributed by atoms with Gasteiger partial charge in [0.25, 0.3) is 0 Å². The third kappa shape index (κ3) is 15.8. The number of nitrogens with one attached hydrogen (secondary N) is 2. The molecule has 0 radical (unpaired) electrons. The van der Waals surface area contributed by atoms with Crippen molar-refractivity contribution in [1.29, 1.82) is 0 Å². The quantitative estimate of drug-likeness (QED) is 0.135. The number of carbonyl (C=O) groups excluding carboxylic acids is 1. The first-order chi connectivity index (χ1) is 21.4. The number of ether oxygens (including phenoxy) is 2. The largest absolute Gasteiger partial charge is 0.508 e. The average molecular weight is 635 g/mol. The van der Waals surface area contributed by atoms with E-state index in [0.29, 0.717) is 24.1 Å². The molecule has 0 spiro atoms. The van der Waals surface area contributed by atoms with Crippen LogP contribution >= 0.6 is 0 Å². The minimum Gasteiger partial charge on any atom is -0.508 e. The van der Waals surface area contributed by atoms with Crippen LogP contribution in [0.5, 0.6) is 11.5 Å². The smallest absolute Gasteiger partial charge is 0.416 e. The second kappa shape index (κ2) is 22.2. The van der Waals surface area contributed by atoms with E-state index >= 15 is 0 Å². The van der Waals surface area contributed by atoms with Gasteiger partial charge in [-0.05, 0) is 86.0 Å². The summed E-state index contributed by atoms with van der Waals surface area (Å²) in [5, 5.41) is 24.1. The van der Waals surface area contributed by atoms with Gasteiger partial charge in [0.15, 0.2) is 0 Å². The maximum atomic E-state index is 12.8. The Hall–Kier alpha value is -4.35. The number of hydrogen-bond acceptors (Lipinski definition) is 6. The molecule has 0 unspecified atom stereocenters. The summed E-state index contributed by atoms with van der Waals surface area (Å²) in [4.78, 5) is 21.6. The van der Waals surface area contributed by atoms with Gasteiger partial charge in [-0.25, -0.2) is 4.79 Å². The molecule has 1 atom stereocenters. The minimum absolute atomic E-state index is 0.0186. The van der Waals surface area contributed by atoms with Crippen molar-refractivity contribution in [2.75, 3.05) is 21.3 Å². The number of phenols is 1. The number of benzene rings is 3. The van der Waals surface area contributed by atoms with E-state index in [9.17, 15) is 27.9 Å². The second-order valence-corrected chi connectivity index (χ2v) is 9.31. The van der Waals surface area contributed by atoms with E-state index < -0.39 is 17.7 Å². The molecule has 4 N–H and O–H groups in total. The maximum absolute atomic E-state index is 12.8. The predicted molar refractivity (Wildman–Crippen MR) is 171 cm³/mol. The number of rotatable bonds is 11. The van der Waals surface area contributed by atoms with Crippen molar-refractivity contribution in [1.82, 2.24) is 10.6 Å². The van der Waals surface area contributed by atoms with Crippen molar-refractivity contribution in [2.24, 2.45) is 0 Å². The zero-order chi connectivity index (χ0) is 34.4. The van der Waals surface area contributed by atoms with Crippen molar-refractivity contribution < 1.29 is 42.4 Å². The van der Waals surface area contributed by atoms with Crippen LogP contribution in [0.15, 0.2) is 72.8 Å². The maximum Gasteiger partial charge on any atom is 0.416 e. The van der Waals surface area contributed by atoms with Gasteiger partial charge >= 0.3 is 12.1 Å². The van der Waals surface area contributed by atoms with E-state index in [1.165, 1.54) is 18.2 Å². The molecular weight excluding hydrogens is 589 g/mol. The Morgan fingerprint density at radius 2 is 1.60 bits per heavy atom. The molecule has 1 amide bonds. The van der Waals surface area contributed by atoms with Crippen LogP contribution in [0.4, 0.5) is 13.2 Å². The molecule has 0 fully saturated rings. The topological polar surface area (TPSA) is 117 Å². The number of aliphatic carboxylic acids is 1. The monoisotopic (exact) mass is 634 g/mol. The van der Waals surface area contributed by atoms with Crippen LogP contribution in [0.1, 0.15) is 55.5 Å². The van der Waals surface area contributed by atoms with Crippen LogP contribution in [-0.2, 0) is 40.1 Å². The lowest BCUT2D eigenvalue weighted by Crippen LogP contribution is -2.26. The third-order valence-electron chi connectivity index (χ3n) is 5.75. The molecule has 0 aliphatic rings. The Morgan fingerprint density at radius 1 is 1.00 bits per heavy atom. The van der Waals surface area contributed by atoms with E-state index in [4.69, 9.17) is 9.84 Å². The molecular formula is C34H45F3N2O6. The summed E-state index contributed by atoms with van der Waals surface area (Å²) in [7, 11) is 5.00. The number of halogens is 3. The molecule has 0 aromatic heterocycles. The zero-order valence-electron chi connectivity index (χ0n) is 26.9. The molecule has 0 heterocycles. The molecule has 8 nitrogen and oxygen atoms in total. The van der Waals surface area contributed by atoms with Crippen molar-refractivity contribution in [3.8, 4) is 11.5 Å². The molecule has 3 rings (SSSR count). The normalized spacial score (nSPS) is 11.3. The Bertz CT molecular complexity index is 1310. The van der Waals surface area contributed by atoms with Crippen LogP contribution in [-0.4, -0.2) is 49.9 Å². The third-order valence-corrected chi connectivity index (χ3v) is 5.75. The van der Waals surface area contributed by atoms with Crippen LogP contribution in [0.2, 0.25) is 0 Å². The lowest BCUT2D eigenvalue weighted by molar-refractivity contribution is -0.137. The number of amides is 1. The summed E-state index contributed by atoms with van der Waals surface area (Å²) in [5.74, 6) is -0.694. The van der Waals surface area contributed by atoms with Gasteiger partial charge in [-0.1, -0.05) is 50.3 Å². The van der Waals surface area contributed by atoms with E-state index in [1.807, 2.05) is 32.9 Å². The van der Waals surface area contributed by atoms with Crippen molar-refractivity contribution >= 4 is 18.0 Å². The molecule has 0 saturated carbocycles. The summed E-state index contributed by atoms with van der Waals surface area (Å²) in [6.07, 6.45) is -1.46. The van der Waals surface area contributed by atoms with E-state index in [-0.39, 0.29) is 29.7 Å². The molecule has 3 aromatic carbocycles. The predicted octanol–water partition coefficient (Wildman–Crippen LogP) is 6.85. The summed E-state index contributed by atoms with van der Waals surface area (Å²) in [6.45, 7) is 8.07. The average Bonchev–Trinajstić information content (AvgIpc) is 3.00. The van der Waals surface area contributed by atoms with Gasteiger partial charge in [-0.15, -0.1) is 0 Å². The van der Waals surface area contributed by atoms with Crippen molar-refractivity contribution in [2.45, 2.75) is 59.5 Å². The Labute approximate surface area is 263 Å².